The van der Waals surface area contributed by atoms with E-state index in [1.54, 1.807) is 18.2 Å². The van der Waals surface area contributed by atoms with Crippen LogP contribution in [0, 0.1) is 0 Å². The van der Waals surface area contributed by atoms with Crippen molar-refractivity contribution in [2.75, 3.05) is 0 Å². The number of benzene rings is 2. The van der Waals surface area contributed by atoms with Crippen molar-refractivity contribution < 1.29 is 9.90 Å². The molecule has 0 unspecified atom stereocenters. The second-order valence-electron chi connectivity index (χ2n) is 5.32. The SMILES string of the molecule is O=C(c1cccc(O)c1)c1ccc(-c2ccc3[nH]ccc3c2)s1. The number of rotatable bonds is 3. The fourth-order valence-corrected chi connectivity index (χ4v) is 3.58. The first-order valence-electron chi connectivity index (χ1n) is 7.22. The van der Waals surface area contributed by atoms with Crippen molar-refractivity contribution in [2.45, 2.75) is 0 Å². The fraction of sp³-hybridized carbons (Fsp3) is 0. The zero-order valence-corrected chi connectivity index (χ0v) is 12.9. The minimum atomic E-state index is -0.0696. The maximum atomic E-state index is 12.5. The number of fused-ring (bicyclic) bond motifs is 1. The van der Waals surface area contributed by atoms with Crippen molar-refractivity contribution in [2.24, 2.45) is 0 Å². The van der Waals surface area contributed by atoms with Crippen LogP contribution in [0.15, 0.2) is 66.9 Å². The van der Waals surface area contributed by atoms with E-state index in [-0.39, 0.29) is 11.5 Å². The number of phenolic OH excluding ortho intramolecular Hbond substituents is 1. The average Bonchev–Trinajstić information content (AvgIpc) is 3.22. The number of aromatic amines is 1. The summed E-state index contributed by atoms with van der Waals surface area (Å²) in [6, 6.07) is 18.5. The van der Waals surface area contributed by atoms with Gasteiger partial charge in [0.25, 0.3) is 0 Å². The van der Waals surface area contributed by atoms with Crippen molar-refractivity contribution in [1.82, 2.24) is 4.98 Å². The molecule has 2 aromatic carbocycles. The summed E-state index contributed by atoms with van der Waals surface area (Å²) in [6.45, 7) is 0. The molecule has 0 aliphatic rings. The summed E-state index contributed by atoms with van der Waals surface area (Å²) in [5.41, 5.74) is 2.69. The van der Waals surface area contributed by atoms with Gasteiger partial charge in [-0.25, -0.2) is 0 Å². The number of carbonyl (C=O) groups excluding carboxylic acids is 1. The molecule has 0 saturated heterocycles. The normalized spacial score (nSPS) is 11.0. The maximum absolute atomic E-state index is 12.5. The summed E-state index contributed by atoms with van der Waals surface area (Å²) in [4.78, 5) is 17.4. The summed E-state index contributed by atoms with van der Waals surface area (Å²) in [7, 11) is 0. The lowest BCUT2D eigenvalue weighted by atomic mass is 10.1. The Bertz CT molecular complexity index is 1010. The number of aromatic hydroxyl groups is 1. The van der Waals surface area contributed by atoms with Gasteiger partial charge in [-0.1, -0.05) is 18.2 Å². The van der Waals surface area contributed by atoms with E-state index >= 15 is 0 Å². The van der Waals surface area contributed by atoms with E-state index in [0.717, 1.165) is 21.3 Å². The van der Waals surface area contributed by atoms with Gasteiger partial charge in [0.2, 0.25) is 5.78 Å². The van der Waals surface area contributed by atoms with Crippen molar-refractivity contribution >= 4 is 28.0 Å². The molecular weight excluding hydrogens is 306 g/mol. The largest absolute Gasteiger partial charge is 0.508 e. The molecule has 0 amide bonds. The van der Waals surface area contributed by atoms with Gasteiger partial charge in [-0.05, 0) is 53.4 Å². The molecule has 0 bridgehead atoms. The fourth-order valence-electron chi connectivity index (χ4n) is 2.61. The first-order valence-corrected chi connectivity index (χ1v) is 8.03. The highest BCUT2D eigenvalue weighted by Crippen LogP contribution is 2.31. The van der Waals surface area contributed by atoms with Crippen LogP contribution in [0.2, 0.25) is 0 Å². The molecular formula is C19H13NO2S. The topological polar surface area (TPSA) is 53.1 Å². The van der Waals surface area contributed by atoms with E-state index in [0.29, 0.717) is 10.4 Å². The molecule has 0 radical (unpaired) electrons. The van der Waals surface area contributed by atoms with Crippen LogP contribution in [0.1, 0.15) is 15.2 Å². The zero-order chi connectivity index (χ0) is 15.8. The average molecular weight is 319 g/mol. The van der Waals surface area contributed by atoms with Crippen molar-refractivity contribution in [3.8, 4) is 16.2 Å². The third-order valence-corrected chi connectivity index (χ3v) is 4.91. The number of carbonyl (C=O) groups is 1. The van der Waals surface area contributed by atoms with Crippen LogP contribution >= 0.6 is 11.3 Å². The number of thiophene rings is 1. The highest BCUT2D eigenvalue weighted by Gasteiger charge is 2.13. The van der Waals surface area contributed by atoms with E-state index in [4.69, 9.17) is 0 Å². The molecule has 0 atom stereocenters. The number of phenols is 1. The Labute approximate surface area is 136 Å². The Morgan fingerprint density at radius 3 is 2.78 bits per heavy atom. The Balaban J connectivity index is 1.69. The van der Waals surface area contributed by atoms with Gasteiger partial charge in [0.1, 0.15) is 5.75 Å². The minimum absolute atomic E-state index is 0.0696. The summed E-state index contributed by atoms with van der Waals surface area (Å²) in [5.74, 6) is 0.0328. The molecule has 4 rings (SSSR count). The van der Waals surface area contributed by atoms with E-state index < -0.39 is 0 Å². The van der Waals surface area contributed by atoms with Gasteiger partial charge in [0.05, 0.1) is 4.88 Å². The molecule has 2 aromatic heterocycles. The predicted molar refractivity (Wildman–Crippen MR) is 93.2 cm³/mol. The number of H-pyrrole nitrogens is 1. The summed E-state index contributed by atoms with van der Waals surface area (Å²) < 4.78 is 0. The van der Waals surface area contributed by atoms with Gasteiger partial charge in [-0.3, -0.25) is 4.79 Å². The standard InChI is InChI=1S/C19H13NO2S/c21-15-3-1-2-14(11-15)19(22)18-7-6-17(23-18)13-4-5-16-12(10-13)8-9-20-16/h1-11,20-21H. The van der Waals surface area contributed by atoms with Crippen LogP contribution < -0.4 is 0 Å². The third-order valence-electron chi connectivity index (χ3n) is 3.78. The van der Waals surface area contributed by atoms with Gasteiger partial charge in [0.15, 0.2) is 0 Å². The molecule has 0 aliphatic carbocycles. The smallest absolute Gasteiger partial charge is 0.203 e. The predicted octanol–water partition coefficient (Wildman–Crippen LogP) is 4.83. The Kier molecular flexibility index (Phi) is 3.24. The maximum Gasteiger partial charge on any atom is 0.203 e. The van der Waals surface area contributed by atoms with Gasteiger partial charge >= 0.3 is 0 Å². The zero-order valence-electron chi connectivity index (χ0n) is 12.1. The van der Waals surface area contributed by atoms with Gasteiger partial charge < -0.3 is 10.1 Å². The van der Waals surface area contributed by atoms with Gasteiger partial charge in [-0.2, -0.15) is 0 Å². The highest BCUT2D eigenvalue weighted by molar-refractivity contribution is 7.17. The minimum Gasteiger partial charge on any atom is -0.508 e. The molecule has 4 aromatic rings. The molecule has 2 N–H and O–H groups in total. The lowest BCUT2D eigenvalue weighted by molar-refractivity contribution is 0.104. The summed E-state index contributed by atoms with van der Waals surface area (Å²) >= 11 is 1.46. The quantitative estimate of drug-likeness (QED) is 0.531. The molecule has 23 heavy (non-hydrogen) atoms. The van der Waals surface area contributed by atoms with Gasteiger partial charge in [0, 0.05) is 22.2 Å². The molecule has 0 fully saturated rings. The second-order valence-corrected chi connectivity index (χ2v) is 6.41. The Morgan fingerprint density at radius 1 is 1.00 bits per heavy atom. The number of aromatic nitrogens is 1. The molecule has 112 valence electrons. The van der Waals surface area contributed by atoms with Crippen LogP contribution in [0.5, 0.6) is 5.75 Å². The molecule has 0 spiro atoms. The number of hydrogen-bond acceptors (Lipinski definition) is 3. The monoisotopic (exact) mass is 319 g/mol. The Morgan fingerprint density at radius 2 is 1.91 bits per heavy atom. The van der Waals surface area contributed by atoms with E-state index in [1.807, 2.05) is 36.5 Å². The molecule has 2 heterocycles. The molecule has 0 aliphatic heterocycles. The Hall–Kier alpha value is -2.85. The first kappa shape index (κ1) is 13.8. The molecule has 0 saturated carbocycles. The van der Waals surface area contributed by atoms with Crippen LogP contribution in [0.25, 0.3) is 21.3 Å². The number of hydrogen-bond donors (Lipinski definition) is 2. The van der Waals surface area contributed by atoms with Crippen LogP contribution in [0.3, 0.4) is 0 Å². The number of ketones is 1. The summed E-state index contributed by atoms with van der Waals surface area (Å²) in [5, 5.41) is 10.7. The lowest BCUT2D eigenvalue weighted by Crippen LogP contribution is -1.97. The number of nitrogens with one attached hydrogen (secondary N) is 1. The highest BCUT2D eigenvalue weighted by atomic mass is 32.1. The van der Waals surface area contributed by atoms with Crippen molar-refractivity contribution in [3.63, 3.8) is 0 Å². The lowest BCUT2D eigenvalue weighted by Gasteiger charge is -2.00. The van der Waals surface area contributed by atoms with E-state index in [9.17, 15) is 9.90 Å². The van der Waals surface area contributed by atoms with Crippen LogP contribution in [0.4, 0.5) is 0 Å². The van der Waals surface area contributed by atoms with Gasteiger partial charge in [-0.15, -0.1) is 11.3 Å². The summed E-state index contributed by atoms with van der Waals surface area (Å²) in [6.07, 6.45) is 1.92. The second kappa shape index (κ2) is 5.41. The van der Waals surface area contributed by atoms with Crippen LogP contribution in [-0.2, 0) is 0 Å². The van der Waals surface area contributed by atoms with E-state index in [1.165, 1.54) is 17.4 Å². The molecule has 3 nitrogen and oxygen atoms in total. The van der Waals surface area contributed by atoms with Crippen LogP contribution in [-0.4, -0.2) is 15.9 Å². The van der Waals surface area contributed by atoms with E-state index in [2.05, 4.69) is 11.1 Å². The first-order chi connectivity index (χ1) is 11.2. The molecule has 4 heteroatoms. The third kappa shape index (κ3) is 2.53. The van der Waals surface area contributed by atoms with Crippen molar-refractivity contribution in [1.29, 1.82) is 0 Å². The van der Waals surface area contributed by atoms with Crippen molar-refractivity contribution in [3.05, 3.63) is 77.3 Å².